The topological polar surface area (TPSA) is 62.4 Å². The van der Waals surface area contributed by atoms with Gasteiger partial charge in [-0.2, -0.15) is 18.2 Å². The summed E-state index contributed by atoms with van der Waals surface area (Å²) in [6.07, 6.45) is -5.44. The molecule has 1 aromatic rings. The van der Waals surface area contributed by atoms with Gasteiger partial charge in [0.15, 0.2) is 11.9 Å². The molecule has 1 atom stereocenters. The highest BCUT2D eigenvalue weighted by Gasteiger charge is 2.44. The Bertz CT molecular complexity index is 428. The number of aromatic nitrogens is 2. The van der Waals surface area contributed by atoms with Crippen LogP contribution in [0.1, 0.15) is 31.5 Å². The average molecular weight is 293 g/mol. The van der Waals surface area contributed by atoms with E-state index < -0.39 is 18.2 Å². The van der Waals surface area contributed by atoms with Crippen LogP contribution in [0.2, 0.25) is 0 Å². The molecule has 1 N–H and O–H groups in total. The van der Waals surface area contributed by atoms with E-state index in [0.717, 1.165) is 0 Å². The van der Waals surface area contributed by atoms with Gasteiger partial charge in [-0.15, -0.1) is 0 Å². The number of piperidine rings is 1. The highest BCUT2D eigenvalue weighted by Crippen LogP contribution is 2.31. The molecule has 0 aromatic carbocycles. The van der Waals surface area contributed by atoms with Gasteiger partial charge in [-0.3, -0.25) is 4.90 Å². The Kier molecular flexibility index (Phi) is 4.64. The fourth-order valence-corrected chi connectivity index (χ4v) is 2.38. The molecule has 20 heavy (non-hydrogen) atoms. The predicted octanol–water partition coefficient (Wildman–Crippen LogP) is 1.77. The Morgan fingerprint density at radius 1 is 1.40 bits per heavy atom. The van der Waals surface area contributed by atoms with Gasteiger partial charge >= 0.3 is 6.18 Å². The van der Waals surface area contributed by atoms with Crippen LogP contribution < -0.4 is 0 Å². The van der Waals surface area contributed by atoms with Crippen LogP contribution in [0.3, 0.4) is 0 Å². The number of aryl methyl sites for hydroxylation is 1. The molecule has 1 aliphatic heterocycles. The number of aliphatic hydroxyl groups excluding tert-OH is 1. The van der Waals surface area contributed by atoms with E-state index in [0.29, 0.717) is 50.6 Å². The summed E-state index contributed by atoms with van der Waals surface area (Å²) < 4.78 is 42.3. The largest absolute Gasteiger partial charge is 0.414 e. The van der Waals surface area contributed by atoms with E-state index >= 15 is 0 Å². The van der Waals surface area contributed by atoms with Crippen LogP contribution in [0.5, 0.6) is 0 Å². The van der Waals surface area contributed by atoms with Crippen molar-refractivity contribution in [1.82, 2.24) is 15.0 Å². The monoisotopic (exact) mass is 293 g/mol. The molecule has 1 saturated heterocycles. The summed E-state index contributed by atoms with van der Waals surface area (Å²) in [6.45, 7) is 3.34. The molecular formula is C12H18F3N3O2. The molecule has 2 rings (SSSR count). The van der Waals surface area contributed by atoms with Crippen molar-refractivity contribution < 1.29 is 22.8 Å². The zero-order valence-electron chi connectivity index (χ0n) is 11.2. The molecule has 0 amide bonds. The molecule has 0 saturated carbocycles. The number of likely N-dealkylation sites (tertiary alicyclic amines) is 1. The molecular weight excluding hydrogens is 275 g/mol. The highest BCUT2D eigenvalue weighted by atomic mass is 19.4. The fourth-order valence-electron chi connectivity index (χ4n) is 2.38. The lowest BCUT2D eigenvalue weighted by Gasteiger charge is -2.33. The van der Waals surface area contributed by atoms with Gasteiger partial charge in [0.25, 0.3) is 0 Å². The summed E-state index contributed by atoms with van der Waals surface area (Å²) >= 11 is 0. The third-order valence-electron chi connectivity index (χ3n) is 3.60. The summed E-state index contributed by atoms with van der Waals surface area (Å²) in [5.74, 6) is 0.388. The smallest absolute Gasteiger partial charge is 0.383 e. The van der Waals surface area contributed by atoms with Gasteiger partial charge < -0.3 is 9.63 Å². The third kappa shape index (κ3) is 3.69. The molecule has 114 valence electrons. The minimum atomic E-state index is -4.53. The molecule has 1 fully saturated rings. The van der Waals surface area contributed by atoms with E-state index in [-0.39, 0.29) is 0 Å². The van der Waals surface area contributed by atoms with E-state index in [1.807, 2.05) is 11.8 Å². The van der Waals surface area contributed by atoms with Crippen molar-refractivity contribution in [2.75, 3.05) is 13.1 Å². The van der Waals surface area contributed by atoms with Gasteiger partial charge in [-0.05, 0) is 31.8 Å². The number of aliphatic hydroxyl groups is 1. The van der Waals surface area contributed by atoms with Crippen molar-refractivity contribution >= 4 is 0 Å². The summed E-state index contributed by atoms with van der Waals surface area (Å²) in [5.41, 5.74) is 0. The zero-order chi connectivity index (χ0) is 14.8. The maximum Gasteiger partial charge on any atom is 0.414 e. The van der Waals surface area contributed by atoms with Gasteiger partial charge in [0.2, 0.25) is 5.89 Å². The van der Waals surface area contributed by atoms with Gasteiger partial charge in [-0.1, -0.05) is 12.1 Å². The molecule has 0 radical (unpaired) electrons. The van der Waals surface area contributed by atoms with Crippen molar-refractivity contribution in [2.45, 2.75) is 45.0 Å². The van der Waals surface area contributed by atoms with Gasteiger partial charge in [0.05, 0.1) is 6.54 Å². The number of hydrogen-bond donors (Lipinski definition) is 1. The van der Waals surface area contributed by atoms with Crippen LogP contribution in [-0.2, 0) is 13.0 Å². The van der Waals surface area contributed by atoms with Crippen molar-refractivity contribution in [3.05, 3.63) is 11.7 Å². The Morgan fingerprint density at radius 2 is 2.05 bits per heavy atom. The summed E-state index contributed by atoms with van der Waals surface area (Å²) in [7, 11) is 0. The highest BCUT2D eigenvalue weighted by molar-refractivity contribution is 4.87. The Labute approximate surface area is 114 Å². The molecule has 0 spiro atoms. The second kappa shape index (κ2) is 6.09. The summed E-state index contributed by atoms with van der Waals surface area (Å²) in [4.78, 5) is 6.13. The lowest BCUT2D eigenvalue weighted by Crippen LogP contribution is -2.43. The van der Waals surface area contributed by atoms with Gasteiger partial charge in [0.1, 0.15) is 0 Å². The third-order valence-corrected chi connectivity index (χ3v) is 3.60. The molecule has 5 nitrogen and oxygen atoms in total. The SMILES string of the molecule is CCc1noc(CN2CCC(C(O)C(F)(F)F)CC2)n1. The van der Waals surface area contributed by atoms with Crippen molar-refractivity contribution in [2.24, 2.45) is 5.92 Å². The molecule has 2 heterocycles. The number of nitrogens with zero attached hydrogens (tertiary/aromatic N) is 3. The Morgan fingerprint density at radius 3 is 2.55 bits per heavy atom. The first-order chi connectivity index (χ1) is 9.40. The van der Waals surface area contributed by atoms with Crippen molar-refractivity contribution in [3.8, 4) is 0 Å². The van der Waals surface area contributed by atoms with E-state index in [9.17, 15) is 18.3 Å². The summed E-state index contributed by atoms with van der Waals surface area (Å²) in [6, 6.07) is 0. The molecule has 0 bridgehead atoms. The molecule has 1 unspecified atom stereocenters. The van der Waals surface area contributed by atoms with E-state index in [2.05, 4.69) is 10.1 Å². The van der Waals surface area contributed by atoms with E-state index in [1.165, 1.54) is 0 Å². The minimum absolute atomic E-state index is 0.315. The standard InChI is InChI=1S/C12H18F3N3O2/c1-2-9-16-10(20-17-9)7-18-5-3-8(4-6-18)11(19)12(13,14)15/h8,11,19H,2-7H2,1H3. The maximum absolute atomic E-state index is 12.4. The second-order valence-corrected chi connectivity index (χ2v) is 5.06. The quantitative estimate of drug-likeness (QED) is 0.916. The van der Waals surface area contributed by atoms with Gasteiger partial charge in [-0.25, -0.2) is 0 Å². The lowest BCUT2D eigenvalue weighted by molar-refractivity contribution is -0.223. The molecule has 1 aromatic heterocycles. The van der Waals surface area contributed by atoms with Crippen LogP contribution in [-0.4, -0.2) is 45.5 Å². The normalized spacial score (nSPS) is 20.2. The first-order valence-corrected chi connectivity index (χ1v) is 6.68. The van der Waals surface area contributed by atoms with Crippen LogP contribution in [0, 0.1) is 5.92 Å². The van der Waals surface area contributed by atoms with Crippen LogP contribution in [0.4, 0.5) is 13.2 Å². The van der Waals surface area contributed by atoms with Crippen LogP contribution >= 0.6 is 0 Å². The second-order valence-electron chi connectivity index (χ2n) is 5.06. The molecule has 0 aliphatic carbocycles. The first-order valence-electron chi connectivity index (χ1n) is 6.68. The minimum Gasteiger partial charge on any atom is -0.383 e. The van der Waals surface area contributed by atoms with Crippen LogP contribution in [0.15, 0.2) is 4.52 Å². The number of halogens is 3. The average Bonchev–Trinajstić information content (AvgIpc) is 2.85. The fraction of sp³-hybridized carbons (Fsp3) is 0.833. The van der Waals surface area contributed by atoms with E-state index in [4.69, 9.17) is 4.52 Å². The maximum atomic E-state index is 12.4. The van der Waals surface area contributed by atoms with Crippen molar-refractivity contribution in [1.29, 1.82) is 0 Å². The number of rotatable bonds is 4. The first kappa shape index (κ1) is 15.2. The Hall–Kier alpha value is -1.15. The number of alkyl halides is 3. The number of hydrogen-bond acceptors (Lipinski definition) is 5. The Balaban J connectivity index is 1.82. The zero-order valence-corrected chi connectivity index (χ0v) is 11.2. The van der Waals surface area contributed by atoms with Gasteiger partial charge in [0, 0.05) is 6.42 Å². The van der Waals surface area contributed by atoms with Crippen LogP contribution in [0.25, 0.3) is 0 Å². The lowest BCUT2D eigenvalue weighted by atomic mass is 9.91. The van der Waals surface area contributed by atoms with E-state index in [1.54, 1.807) is 0 Å². The van der Waals surface area contributed by atoms with Crippen molar-refractivity contribution in [3.63, 3.8) is 0 Å². The molecule has 1 aliphatic rings. The molecule has 8 heteroatoms. The summed E-state index contributed by atoms with van der Waals surface area (Å²) in [5, 5.41) is 13.0. The predicted molar refractivity (Wildman–Crippen MR) is 63.7 cm³/mol.